The second-order valence-electron chi connectivity index (χ2n) is 18.1. The van der Waals surface area contributed by atoms with Gasteiger partial charge >= 0.3 is 0 Å². The Bertz CT molecular complexity index is 4740. The molecule has 0 amide bonds. The van der Waals surface area contributed by atoms with Gasteiger partial charge in [0.05, 0.1) is 49.8 Å². The number of aromatic nitrogens is 5. The van der Waals surface area contributed by atoms with Crippen LogP contribution < -0.4 is 0 Å². The zero-order valence-corrected chi connectivity index (χ0v) is 35.9. The Morgan fingerprint density at radius 1 is 0.313 bits per heavy atom. The van der Waals surface area contributed by atoms with Gasteiger partial charge in [-0.1, -0.05) is 152 Å². The van der Waals surface area contributed by atoms with Crippen LogP contribution in [0.3, 0.4) is 0 Å². The molecule has 67 heavy (non-hydrogen) atoms. The molecule has 0 bridgehead atoms. The average Bonchev–Trinajstić information content (AvgIpc) is 4.01. The van der Waals surface area contributed by atoms with Crippen LogP contribution in [0.1, 0.15) is 0 Å². The van der Waals surface area contributed by atoms with Gasteiger partial charge in [0.25, 0.3) is 0 Å². The molecule has 5 nitrogen and oxygen atoms in total. The van der Waals surface area contributed by atoms with Crippen molar-refractivity contribution in [3.63, 3.8) is 0 Å². The Labute approximate surface area is 382 Å². The summed E-state index contributed by atoms with van der Waals surface area (Å²) in [5, 5.41) is 15.5. The van der Waals surface area contributed by atoms with Gasteiger partial charge in [0.2, 0.25) is 5.95 Å². The fourth-order valence-electron chi connectivity index (χ4n) is 12.0. The molecule has 0 atom stereocenters. The van der Waals surface area contributed by atoms with Gasteiger partial charge in [0, 0.05) is 54.3 Å². The summed E-state index contributed by atoms with van der Waals surface area (Å²) in [6, 6.07) is 77.5. The van der Waals surface area contributed by atoms with Crippen molar-refractivity contribution in [3.8, 4) is 34.0 Å². The average molecular weight is 850 g/mol. The Morgan fingerprint density at radius 2 is 0.925 bits per heavy atom. The summed E-state index contributed by atoms with van der Waals surface area (Å²) in [5.41, 5.74) is 14.5. The van der Waals surface area contributed by atoms with Gasteiger partial charge in [-0.2, -0.15) is 0 Å². The minimum atomic E-state index is 0.651. The molecule has 0 N–H and O–H groups in total. The van der Waals surface area contributed by atoms with E-state index in [-0.39, 0.29) is 0 Å². The molecule has 0 aliphatic carbocycles. The highest BCUT2D eigenvalue weighted by Gasteiger charge is 2.29. The van der Waals surface area contributed by atoms with Crippen LogP contribution in [0.5, 0.6) is 0 Å². The molecule has 5 heterocycles. The van der Waals surface area contributed by atoms with Gasteiger partial charge in [0.15, 0.2) is 0 Å². The molecule has 0 aliphatic heterocycles. The van der Waals surface area contributed by atoms with Gasteiger partial charge < -0.3 is 8.97 Å². The quantitative estimate of drug-likeness (QED) is 0.166. The van der Waals surface area contributed by atoms with Crippen LogP contribution in [0.2, 0.25) is 0 Å². The zero-order valence-electron chi connectivity index (χ0n) is 35.9. The second-order valence-corrected chi connectivity index (χ2v) is 18.1. The van der Waals surface area contributed by atoms with E-state index in [1.807, 2.05) is 0 Å². The van der Waals surface area contributed by atoms with Crippen molar-refractivity contribution < 1.29 is 0 Å². The molecular formula is C62H35N5. The number of para-hydroxylation sites is 1. The number of fused-ring (bicyclic) bond motifs is 10. The Balaban J connectivity index is 1.09. The molecule has 5 heteroatoms. The van der Waals surface area contributed by atoms with E-state index >= 15 is 0 Å². The van der Waals surface area contributed by atoms with E-state index in [0.717, 1.165) is 49.7 Å². The molecule has 16 rings (SSSR count). The van der Waals surface area contributed by atoms with Crippen LogP contribution in [-0.2, 0) is 0 Å². The van der Waals surface area contributed by atoms with E-state index in [1.54, 1.807) is 0 Å². The number of hydrogen-bond donors (Lipinski definition) is 0. The second kappa shape index (κ2) is 12.8. The Hall–Kier alpha value is -9.06. The largest absolute Gasteiger partial charge is 0.309 e. The van der Waals surface area contributed by atoms with Crippen molar-refractivity contribution in [2.45, 2.75) is 0 Å². The van der Waals surface area contributed by atoms with Crippen LogP contribution in [-0.4, -0.2) is 23.5 Å². The molecule has 0 fully saturated rings. The minimum Gasteiger partial charge on any atom is -0.309 e. The lowest BCUT2D eigenvalue weighted by Crippen LogP contribution is -2.04. The van der Waals surface area contributed by atoms with E-state index in [9.17, 15) is 0 Å². The van der Waals surface area contributed by atoms with Gasteiger partial charge in [-0.15, -0.1) is 0 Å². The zero-order chi connectivity index (χ0) is 43.5. The Morgan fingerprint density at radius 3 is 1.81 bits per heavy atom. The first-order chi connectivity index (χ1) is 33.3. The highest BCUT2D eigenvalue weighted by molar-refractivity contribution is 6.38. The predicted octanol–water partition coefficient (Wildman–Crippen LogP) is 16.1. The van der Waals surface area contributed by atoms with E-state index in [2.05, 4.69) is 226 Å². The van der Waals surface area contributed by atoms with Gasteiger partial charge in [-0.3, -0.25) is 4.57 Å². The molecule has 0 aliphatic rings. The van der Waals surface area contributed by atoms with Crippen LogP contribution in [0.4, 0.5) is 0 Å². The van der Waals surface area contributed by atoms with Gasteiger partial charge in [-0.05, 0) is 98.7 Å². The molecule has 11 aromatic carbocycles. The molecule has 0 spiro atoms. The number of hydrogen-bond acceptors (Lipinski definition) is 2. The third-order valence-electron chi connectivity index (χ3n) is 14.7. The highest BCUT2D eigenvalue weighted by Crippen LogP contribution is 2.50. The highest BCUT2D eigenvalue weighted by atomic mass is 15.2. The summed E-state index contributed by atoms with van der Waals surface area (Å²) in [6.45, 7) is 0. The third kappa shape index (κ3) is 4.57. The standard InChI is InChI=1S/C62H35N5/c1-2-14-36(15-3-1)38-18-12-19-40(34-38)65-50-26-13-27-51-55(50)56-52(65)32-33-53-57(56)58-54(31-30-46-45-24-10-11-25-49(45)66(51)61(46)58)67(53)62-63-59-42-21-7-4-16-37(42)28-29-47(59)60(64-62)48-35-39-17-5-6-20-41(39)43-22-8-9-23-44(43)48/h1-35H. The maximum atomic E-state index is 5.79. The first-order valence-corrected chi connectivity index (χ1v) is 23.0. The molecule has 0 saturated heterocycles. The van der Waals surface area contributed by atoms with Gasteiger partial charge in [0.1, 0.15) is 0 Å². The lowest BCUT2D eigenvalue weighted by molar-refractivity contribution is 1.02. The molecule has 5 aromatic heterocycles. The monoisotopic (exact) mass is 849 g/mol. The maximum Gasteiger partial charge on any atom is 0.235 e. The molecule has 0 saturated carbocycles. The topological polar surface area (TPSA) is 40.0 Å². The van der Waals surface area contributed by atoms with Gasteiger partial charge in [-0.25, -0.2) is 9.97 Å². The van der Waals surface area contributed by atoms with Crippen LogP contribution in [0.25, 0.3) is 148 Å². The first kappa shape index (κ1) is 35.3. The van der Waals surface area contributed by atoms with E-state index in [0.29, 0.717) is 5.95 Å². The summed E-state index contributed by atoms with van der Waals surface area (Å²) >= 11 is 0. The number of rotatable bonds is 4. The van der Waals surface area contributed by atoms with E-state index in [1.165, 1.54) is 92.6 Å². The summed E-state index contributed by atoms with van der Waals surface area (Å²) < 4.78 is 7.36. The SMILES string of the molecule is c1ccc(-c2cccc(-n3c4ccc5c6c4c4c3cccc4n3c4ccccc4c4ccc(c6c43)n5-c3nc(-c4cc5ccccc5c5ccccc45)c4ccc5ccccc5c4n3)c2)cc1. The van der Waals surface area contributed by atoms with Crippen molar-refractivity contribution in [2.24, 2.45) is 0 Å². The van der Waals surface area contributed by atoms with Crippen LogP contribution in [0, 0.1) is 0 Å². The Kier molecular flexibility index (Phi) is 6.75. The molecular weight excluding hydrogens is 815 g/mol. The third-order valence-corrected chi connectivity index (χ3v) is 14.7. The summed E-state index contributed by atoms with van der Waals surface area (Å²) in [6.07, 6.45) is 0. The molecule has 0 unspecified atom stereocenters. The van der Waals surface area contributed by atoms with Crippen LogP contribution in [0.15, 0.2) is 212 Å². The smallest absolute Gasteiger partial charge is 0.235 e. The normalized spacial score (nSPS) is 12.5. The minimum absolute atomic E-state index is 0.651. The summed E-state index contributed by atoms with van der Waals surface area (Å²) in [4.78, 5) is 11.5. The van der Waals surface area contributed by atoms with Crippen molar-refractivity contribution >= 4 is 114 Å². The molecule has 0 radical (unpaired) electrons. The first-order valence-electron chi connectivity index (χ1n) is 23.0. The van der Waals surface area contributed by atoms with Crippen molar-refractivity contribution in [3.05, 3.63) is 212 Å². The molecule has 16 aromatic rings. The lowest BCUT2D eigenvalue weighted by Gasteiger charge is -2.16. The number of nitrogens with zero attached hydrogens (tertiary/aromatic N) is 5. The van der Waals surface area contributed by atoms with E-state index < -0.39 is 0 Å². The fraction of sp³-hybridized carbons (Fsp3) is 0. The number of benzene rings is 11. The molecule has 308 valence electrons. The van der Waals surface area contributed by atoms with Crippen LogP contribution >= 0.6 is 0 Å². The predicted molar refractivity (Wildman–Crippen MR) is 280 cm³/mol. The van der Waals surface area contributed by atoms with Crippen molar-refractivity contribution in [1.29, 1.82) is 0 Å². The van der Waals surface area contributed by atoms with E-state index in [4.69, 9.17) is 9.97 Å². The maximum absolute atomic E-state index is 5.79. The lowest BCUT2D eigenvalue weighted by atomic mass is 9.93. The van der Waals surface area contributed by atoms with Crippen molar-refractivity contribution in [1.82, 2.24) is 23.5 Å². The fourth-order valence-corrected chi connectivity index (χ4v) is 12.0. The summed E-state index contributed by atoms with van der Waals surface area (Å²) in [5.74, 6) is 0.651. The van der Waals surface area contributed by atoms with Crippen molar-refractivity contribution in [2.75, 3.05) is 0 Å². The summed E-state index contributed by atoms with van der Waals surface area (Å²) in [7, 11) is 0.